The molecule has 5 nitrogen and oxygen atoms in total. The zero-order valence-electron chi connectivity index (χ0n) is 12.3. The lowest BCUT2D eigenvalue weighted by Gasteiger charge is -2.07. The highest BCUT2D eigenvalue weighted by Gasteiger charge is 2.11. The molecule has 0 radical (unpaired) electrons. The predicted octanol–water partition coefficient (Wildman–Crippen LogP) is 3.92. The van der Waals surface area contributed by atoms with Crippen molar-refractivity contribution in [3.05, 3.63) is 35.6 Å². The lowest BCUT2D eigenvalue weighted by molar-refractivity contribution is 0.0601. The second-order valence-electron chi connectivity index (χ2n) is 4.64. The number of aromatic nitrogens is 1. The van der Waals surface area contributed by atoms with E-state index in [1.54, 1.807) is 0 Å². The van der Waals surface area contributed by atoms with Crippen molar-refractivity contribution in [2.75, 3.05) is 12.5 Å². The average Bonchev–Trinajstić information content (AvgIpc) is 2.55. The molecule has 0 atom stereocenters. The summed E-state index contributed by atoms with van der Waals surface area (Å²) in [6.45, 7) is 3.45. The van der Waals surface area contributed by atoms with Crippen LogP contribution in [0, 0.1) is 0 Å². The molecule has 6 heteroatoms. The Labute approximate surface area is 130 Å². The summed E-state index contributed by atoms with van der Waals surface area (Å²) >= 11 is 5.77. The first kappa shape index (κ1) is 17.3. The molecule has 1 aliphatic carbocycles. The molecule has 0 unspecified atom stereocenters. The number of methoxy groups -OCH3 is 1. The van der Waals surface area contributed by atoms with E-state index in [9.17, 15) is 4.79 Å². The van der Waals surface area contributed by atoms with Crippen molar-refractivity contribution in [2.24, 2.45) is 0 Å². The van der Waals surface area contributed by atoms with Crippen LogP contribution < -0.4 is 10.9 Å². The minimum Gasteiger partial charge on any atom is -0.465 e. The van der Waals surface area contributed by atoms with Crippen LogP contribution in [0.15, 0.2) is 25.0 Å². The Kier molecular flexibility index (Phi) is 8.28. The highest BCUT2D eigenvalue weighted by Crippen LogP contribution is 2.18. The topological polar surface area (TPSA) is 63.2 Å². The molecule has 2 N–H and O–H groups in total. The third-order valence-corrected chi connectivity index (χ3v) is 3.36. The molecule has 21 heavy (non-hydrogen) atoms. The van der Waals surface area contributed by atoms with Gasteiger partial charge in [-0.1, -0.05) is 56.7 Å². The van der Waals surface area contributed by atoms with Gasteiger partial charge < -0.3 is 10.2 Å². The second-order valence-corrected chi connectivity index (χ2v) is 5.04. The fraction of sp³-hybridized carbons (Fsp3) is 0.467. The first-order valence-corrected chi connectivity index (χ1v) is 7.43. The Morgan fingerprint density at radius 1 is 1.33 bits per heavy atom. The van der Waals surface area contributed by atoms with Crippen molar-refractivity contribution in [2.45, 2.75) is 38.5 Å². The molecule has 1 aromatic rings. The molecule has 0 aliphatic heterocycles. The van der Waals surface area contributed by atoms with Crippen molar-refractivity contribution in [1.82, 2.24) is 10.4 Å². The minimum atomic E-state index is -0.510. The molecule has 116 valence electrons. The summed E-state index contributed by atoms with van der Waals surface area (Å²) in [5, 5.41) is 0.242. The Morgan fingerprint density at radius 2 is 1.90 bits per heavy atom. The lowest BCUT2D eigenvalue weighted by atomic mass is 10.0. The zero-order valence-corrected chi connectivity index (χ0v) is 13.1. The van der Waals surface area contributed by atoms with Gasteiger partial charge in [0, 0.05) is 12.4 Å². The van der Waals surface area contributed by atoms with Crippen molar-refractivity contribution < 1.29 is 9.53 Å². The molecule has 0 spiro atoms. The Morgan fingerprint density at radius 3 is 2.38 bits per heavy atom. The van der Waals surface area contributed by atoms with E-state index in [0.717, 1.165) is 0 Å². The van der Waals surface area contributed by atoms with Gasteiger partial charge in [0.2, 0.25) is 0 Å². The quantitative estimate of drug-likeness (QED) is 0.652. The normalized spacial score (nSPS) is 13.4. The molecule has 1 aliphatic rings. The van der Waals surface area contributed by atoms with E-state index in [-0.39, 0.29) is 10.6 Å². The van der Waals surface area contributed by atoms with E-state index in [0.29, 0.717) is 5.82 Å². The minimum absolute atomic E-state index is 0.242. The number of rotatable bonds is 4. The van der Waals surface area contributed by atoms with Crippen LogP contribution in [-0.4, -0.2) is 18.1 Å². The number of anilines is 1. The van der Waals surface area contributed by atoms with Crippen LogP contribution in [-0.2, 0) is 4.74 Å². The molecule has 0 saturated heterocycles. The van der Waals surface area contributed by atoms with Gasteiger partial charge in [0.25, 0.3) is 0 Å². The number of carbonyl (C=O) groups is 1. The summed E-state index contributed by atoms with van der Waals surface area (Å²) in [5.41, 5.74) is 5.57. The smallest absolute Gasteiger partial charge is 0.339 e. The van der Waals surface area contributed by atoms with Crippen molar-refractivity contribution in [3.63, 3.8) is 0 Å². The molecule has 0 aromatic carbocycles. The van der Waals surface area contributed by atoms with Gasteiger partial charge in [-0.05, 0) is 6.07 Å². The fourth-order valence-electron chi connectivity index (χ4n) is 1.96. The van der Waals surface area contributed by atoms with E-state index in [2.05, 4.69) is 27.2 Å². The van der Waals surface area contributed by atoms with Gasteiger partial charge in [-0.15, -0.1) is 0 Å². The summed E-state index contributed by atoms with van der Waals surface area (Å²) in [7, 11) is 1.29. The van der Waals surface area contributed by atoms with Crippen LogP contribution in [0.3, 0.4) is 0 Å². The van der Waals surface area contributed by atoms with Crippen molar-refractivity contribution in [3.8, 4) is 0 Å². The highest BCUT2D eigenvalue weighted by atomic mass is 35.5. The summed E-state index contributed by atoms with van der Waals surface area (Å²) in [6, 6.07) is 1.48. The number of hydrogen-bond acceptors (Lipinski definition) is 5. The third-order valence-electron chi connectivity index (χ3n) is 3.06. The number of pyridine rings is 1. The van der Waals surface area contributed by atoms with E-state index in [4.69, 9.17) is 11.6 Å². The Bertz CT molecular complexity index is 451. The molecule has 1 fully saturated rings. The van der Waals surface area contributed by atoms with Crippen LogP contribution in [0.2, 0.25) is 5.02 Å². The number of hydrazine groups is 1. The average molecular weight is 312 g/mol. The Hall–Kier alpha value is -1.75. The Balaban J connectivity index is 0.000000304. The number of carbonyl (C=O) groups excluding carboxylic acids is 1. The maximum atomic E-state index is 11.3. The molecular weight excluding hydrogens is 290 g/mol. The maximum Gasteiger partial charge on any atom is 0.339 e. The van der Waals surface area contributed by atoms with Gasteiger partial charge in [-0.25, -0.2) is 9.78 Å². The molecule has 1 heterocycles. The van der Waals surface area contributed by atoms with Crippen LogP contribution in [0.1, 0.15) is 48.9 Å². The molecule has 1 saturated carbocycles. The van der Waals surface area contributed by atoms with Gasteiger partial charge in [0.05, 0.1) is 17.7 Å². The van der Waals surface area contributed by atoms with Crippen molar-refractivity contribution >= 4 is 23.4 Å². The largest absolute Gasteiger partial charge is 0.465 e. The lowest BCUT2D eigenvalue weighted by Crippen LogP contribution is -2.15. The molecule has 0 bridgehead atoms. The number of hydrogen-bond donors (Lipinski definition) is 2. The first-order valence-electron chi connectivity index (χ1n) is 7.05. The highest BCUT2D eigenvalue weighted by molar-refractivity contribution is 6.33. The predicted molar refractivity (Wildman–Crippen MR) is 85.2 cm³/mol. The second kappa shape index (κ2) is 10.0. The third kappa shape index (κ3) is 6.49. The summed E-state index contributed by atoms with van der Waals surface area (Å²) in [5.74, 6) is -0.0660. The van der Waals surface area contributed by atoms with Crippen LogP contribution >= 0.6 is 11.6 Å². The SMILES string of the molecule is C1CCCCC1.C=CNNc1cc(C(=O)OC)c(Cl)cn1. The summed E-state index contributed by atoms with van der Waals surface area (Å²) in [6.07, 6.45) is 11.8. The van der Waals surface area contributed by atoms with Gasteiger partial charge in [0.15, 0.2) is 0 Å². The van der Waals surface area contributed by atoms with Crippen molar-refractivity contribution in [1.29, 1.82) is 0 Å². The monoisotopic (exact) mass is 311 g/mol. The van der Waals surface area contributed by atoms with E-state index < -0.39 is 5.97 Å². The van der Waals surface area contributed by atoms with Gasteiger partial charge in [0.1, 0.15) is 5.82 Å². The number of nitrogens with zero attached hydrogens (tertiary/aromatic N) is 1. The first-order chi connectivity index (χ1) is 10.2. The standard InChI is InChI=1S/C9H10ClN3O2.C6H12/c1-3-12-13-8-4-6(9(14)15-2)7(10)5-11-8;1-2-4-6-5-3-1/h3-5,12H,1H2,2H3,(H,11,13);1-6H2. The van der Waals surface area contributed by atoms with Crippen LogP contribution in [0.25, 0.3) is 0 Å². The van der Waals surface area contributed by atoms with Crippen LogP contribution in [0.5, 0.6) is 0 Å². The number of halogens is 1. The van der Waals surface area contributed by atoms with Crippen LogP contribution in [0.4, 0.5) is 5.82 Å². The molecular formula is C15H22ClN3O2. The van der Waals surface area contributed by atoms with Gasteiger partial charge in [-0.3, -0.25) is 5.43 Å². The maximum absolute atomic E-state index is 11.3. The van der Waals surface area contributed by atoms with Gasteiger partial charge >= 0.3 is 5.97 Å². The summed E-state index contributed by atoms with van der Waals surface area (Å²) < 4.78 is 4.56. The number of nitrogens with one attached hydrogen (secondary N) is 2. The number of ether oxygens (including phenoxy) is 1. The molecule has 0 amide bonds. The summed E-state index contributed by atoms with van der Waals surface area (Å²) in [4.78, 5) is 15.2. The van der Waals surface area contributed by atoms with E-state index in [1.807, 2.05) is 0 Å². The zero-order chi connectivity index (χ0) is 15.5. The van der Waals surface area contributed by atoms with Gasteiger partial charge in [-0.2, -0.15) is 0 Å². The molecule has 2 rings (SSSR count). The van der Waals surface area contributed by atoms with E-state index >= 15 is 0 Å². The fourth-order valence-corrected chi connectivity index (χ4v) is 2.14. The molecule has 1 aromatic heterocycles. The van der Waals surface area contributed by atoms with E-state index in [1.165, 1.54) is 64.1 Å². The number of esters is 1.